The van der Waals surface area contributed by atoms with Gasteiger partial charge in [-0.25, -0.2) is 0 Å². The molecule has 0 aliphatic carbocycles. The van der Waals surface area contributed by atoms with E-state index in [0.29, 0.717) is 5.92 Å². The van der Waals surface area contributed by atoms with Crippen LogP contribution in [0.25, 0.3) is 0 Å². The number of rotatable bonds is 4. The van der Waals surface area contributed by atoms with E-state index in [2.05, 4.69) is 34.6 Å². The fraction of sp³-hybridized carbons (Fsp3) is 1.00. The monoisotopic (exact) mass is 160 g/mol. The quantitative estimate of drug-likeness (QED) is 0.571. The molecule has 0 saturated heterocycles. The van der Waals surface area contributed by atoms with E-state index in [0.717, 1.165) is 0 Å². The van der Waals surface area contributed by atoms with Gasteiger partial charge < -0.3 is 4.43 Å². The van der Waals surface area contributed by atoms with E-state index in [-0.39, 0.29) is 15.4 Å². The maximum atomic E-state index is 5.78. The molecule has 1 nitrogen and oxygen atoms in total. The van der Waals surface area contributed by atoms with Gasteiger partial charge in [-0.2, -0.15) is 0 Å². The Hall–Kier alpha value is 0.177. The number of hydrogen-bond acceptors (Lipinski definition) is 1. The predicted molar refractivity (Wildman–Crippen MR) is 49.0 cm³/mol. The van der Waals surface area contributed by atoms with Crippen LogP contribution < -0.4 is 0 Å². The van der Waals surface area contributed by atoms with Gasteiger partial charge in [0.15, 0.2) is 9.76 Å². The van der Waals surface area contributed by atoms with Crippen molar-refractivity contribution in [3.8, 4) is 0 Å². The summed E-state index contributed by atoms with van der Waals surface area (Å²) in [6.45, 7) is 11.0. The van der Waals surface area contributed by atoms with Gasteiger partial charge in [-0.1, -0.05) is 20.8 Å². The highest BCUT2D eigenvalue weighted by Gasteiger charge is 2.21. The van der Waals surface area contributed by atoms with Crippen molar-refractivity contribution in [3.05, 3.63) is 0 Å². The molecular formula is C8H20OSi. The Labute approximate surface area is 67.1 Å². The SMILES string of the molecule is CC[SiH2]OC(C)(C)C(C)C. The van der Waals surface area contributed by atoms with Crippen LogP contribution in [0.4, 0.5) is 0 Å². The van der Waals surface area contributed by atoms with Crippen LogP contribution in [0.3, 0.4) is 0 Å². The van der Waals surface area contributed by atoms with Crippen molar-refractivity contribution < 1.29 is 4.43 Å². The molecule has 0 aromatic rings. The van der Waals surface area contributed by atoms with Gasteiger partial charge in [-0.15, -0.1) is 0 Å². The molecule has 62 valence electrons. The second kappa shape index (κ2) is 4.14. The van der Waals surface area contributed by atoms with Gasteiger partial charge in [-0.3, -0.25) is 0 Å². The van der Waals surface area contributed by atoms with E-state index in [1.807, 2.05) is 0 Å². The van der Waals surface area contributed by atoms with Gasteiger partial charge in [0.25, 0.3) is 0 Å². The first-order valence-electron chi connectivity index (χ1n) is 4.14. The lowest BCUT2D eigenvalue weighted by atomic mass is 9.95. The first-order chi connectivity index (χ1) is 4.50. The molecule has 2 heteroatoms. The standard InChI is InChI=1S/C8H20OSi/c1-6-10-9-8(4,5)7(2)3/h7H,6,10H2,1-5H3. The summed E-state index contributed by atoms with van der Waals surface area (Å²) in [6, 6.07) is 1.25. The molecule has 0 saturated carbocycles. The van der Waals surface area contributed by atoms with Crippen LogP contribution in [-0.4, -0.2) is 15.4 Å². The molecule has 0 aromatic carbocycles. The Balaban J connectivity index is 3.63. The van der Waals surface area contributed by atoms with Crippen LogP contribution in [0.1, 0.15) is 34.6 Å². The van der Waals surface area contributed by atoms with E-state index in [9.17, 15) is 0 Å². The summed E-state index contributed by atoms with van der Waals surface area (Å²) in [7, 11) is -0.225. The van der Waals surface area contributed by atoms with Crippen molar-refractivity contribution in [2.75, 3.05) is 0 Å². The Morgan fingerprint density at radius 3 is 2.20 bits per heavy atom. The average molecular weight is 160 g/mol. The minimum absolute atomic E-state index is 0.113. The molecule has 0 aliphatic heterocycles. The van der Waals surface area contributed by atoms with Crippen molar-refractivity contribution >= 4 is 9.76 Å². The van der Waals surface area contributed by atoms with Crippen molar-refractivity contribution in [3.63, 3.8) is 0 Å². The largest absolute Gasteiger partial charge is 0.419 e. The first-order valence-corrected chi connectivity index (χ1v) is 5.72. The molecule has 0 fully saturated rings. The van der Waals surface area contributed by atoms with Crippen LogP contribution in [0.5, 0.6) is 0 Å². The summed E-state index contributed by atoms with van der Waals surface area (Å²) in [4.78, 5) is 0. The molecule has 0 atom stereocenters. The summed E-state index contributed by atoms with van der Waals surface area (Å²) < 4.78 is 5.78. The third-order valence-electron chi connectivity index (χ3n) is 2.07. The highest BCUT2D eigenvalue weighted by molar-refractivity contribution is 6.27. The van der Waals surface area contributed by atoms with Gasteiger partial charge in [0.1, 0.15) is 0 Å². The summed E-state index contributed by atoms with van der Waals surface area (Å²) in [5.41, 5.74) is 0.113. The zero-order valence-corrected chi connectivity index (χ0v) is 9.31. The van der Waals surface area contributed by atoms with Crippen molar-refractivity contribution in [1.82, 2.24) is 0 Å². The second-order valence-electron chi connectivity index (χ2n) is 3.61. The molecule has 0 amide bonds. The summed E-state index contributed by atoms with van der Waals surface area (Å²) >= 11 is 0. The van der Waals surface area contributed by atoms with Crippen LogP contribution >= 0.6 is 0 Å². The predicted octanol–water partition coefficient (Wildman–Crippen LogP) is 1.96. The van der Waals surface area contributed by atoms with Crippen LogP contribution in [0, 0.1) is 5.92 Å². The molecule has 10 heavy (non-hydrogen) atoms. The fourth-order valence-corrected chi connectivity index (χ4v) is 1.60. The maximum absolute atomic E-state index is 5.78. The van der Waals surface area contributed by atoms with E-state index in [1.165, 1.54) is 6.04 Å². The summed E-state index contributed by atoms with van der Waals surface area (Å²) in [5, 5.41) is 0. The van der Waals surface area contributed by atoms with Gasteiger partial charge in [0.2, 0.25) is 0 Å². The Morgan fingerprint density at radius 2 is 1.90 bits per heavy atom. The molecule has 0 unspecified atom stereocenters. The fourth-order valence-electron chi connectivity index (χ4n) is 0.532. The van der Waals surface area contributed by atoms with E-state index < -0.39 is 0 Å². The third-order valence-corrected chi connectivity index (χ3v) is 3.42. The normalized spacial score (nSPS) is 13.8. The first kappa shape index (κ1) is 10.2. The zero-order valence-electron chi connectivity index (χ0n) is 7.90. The van der Waals surface area contributed by atoms with Gasteiger partial charge in [0, 0.05) is 0 Å². The molecule has 0 radical (unpaired) electrons. The number of hydrogen-bond donors (Lipinski definition) is 0. The van der Waals surface area contributed by atoms with E-state index in [4.69, 9.17) is 4.43 Å². The van der Waals surface area contributed by atoms with E-state index >= 15 is 0 Å². The Morgan fingerprint density at radius 1 is 1.40 bits per heavy atom. The molecule has 0 aliphatic rings. The van der Waals surface area contributed by atoms with Gasteiger partial charge >= 0.3 is 0 Å². The summed E-state index contributed by atoms with van der Waals surface area (Å²) in [5.74, 6) is 0.631. The molecule has 0 aromatic heterocycles. The third kappa shape index (κ3) is 3.37. The lowest BCUT2D eigenvalue weighted by molar-refractivity contribution is 0.0643. The van der Waals surface area contributed by atoms with Crippen molar-refractivity contribution in [2.45, 2.75) is 46.3 Å². The second-order valence-corrected chi connectivity index (χ2v) is 5.30. The Bertz CT molecular complexity index is 89.3. The highest BCUT2D eigenvalue weighted by atomic mass is 28.2. The Kier molecular flexibility index (Phi) is 4.21. The molecule has 0 bridgehead atoms. The smallest absolute Gasteiger partial charge is 0.162 e. The van der Waals surface area contributed by atoms with Gasteiger partial charge in [0.05, 0.1) is 5.60 Å². The lowest BCUT2D eigenvalue weighted by Gasteiger charge is -2.29. The minimum Gasteiger partial charge on any atom is -0.419 e. The highest BCUT2D eigenvalue weighted by Crippen LogP contribution is 2.19. The molecule has 0 spiro atoms. The average Bonchev–Trinajstić information content (AvgIpc) is 1.84. The zero-order chi connectivity index (χ0) is 8.20. The summed E-state index contributed by atoms with van der Waals surface area (Å²) in [6.07, 6.45) is 0. The van der Waals surface area contributed by atoms with Crippen LogP contribution in [0.2, 0.25) is 6.04 Å². The maximum Gasteiger partial charge on any atom is 0.162 e. The molecule has 0 N–H and O–H groups in total. The molecular weight excluding hydrogens is 140 g/mol. The molecule has 0 rings (SSSR count). The van der Waals surface area contributed by atoms with Crippen molar-refractivity contribution in [1.29, 1.82) is 0 Å². The lowest BCUT2D eigenvalue weighted by Crippen LogP contribution is -2.32. The minimum atomic E-state index is -0.225. The van der Waals surface area contributed by atoms with Gasteiger partial charge in [-0.05, 0) is 25.8 Å². The van der Waals surface area contributed by atoms with Crippen LogP contribution in [0.15, 0.2) is 0 Å². The van der Waals surface area contributed by atoms with Crippen molar-refractivity contribution in [2.24, 2.45) is 5.92 Å². The van der Waals surface area contributed by atoms with Crippen LogP contribution in [-0.2, 0) is 4.43 Å². The van der Waals surface area contributed by atoms with E-state index in [1.54, 1.807) is 0 Å². The molecule has 0 heterocycles. The topological polar surface area (TPSA) is 9.23 Å².